The highest BCUT2D eigenvalue weighted by molar-refractivity contribution is 5.88. The number of rotatable bonds is 9. The van der Waals surface area contributed by atoms with Crippen LogP contribution in [-0.2, 0) is 9.59 Å². The van der Waals surface area contributed by atoms with E-state index in [1.165, 1.54) is 23.6 Å². The Bertz CT molecular complexity index is 1310. The van der Waals surface area contributed by atoms with E-state index in [1.54, 1.807) is 48.5 Å². The van der Waals surface area contributed by atoms with E-state index in [4.69, 9.17) is 9.47 Å². The minimum atomic E-state index is -0.347. The van der Waals surface area contributed by atoms with Crippen LogP contribution in [0.15, 0.2) is 60.7 Å². The first kappa shape index (κ1) is 22.6. The molecule has 0 atom stereocenters. The van der Waals surface area contributed by atoms with Gasteiger partial charge in [-0.05, 0) is 42.5 Å². The smallest absolute Gasteiger partial charge is 0.258 e. The van der Waals surface area contributed by atoms with Crippen molar-refractivity contribution in [2.24, 2.45) is 0 Å². The van der Waals surface area contributed by atoms with Crippen LogP contribution in [0.5, 0.6) is 11.6 Å². The Kier molecular flexibility index (Phi) is 6.92. The summed E-state index contributed by atoms with van der Waals surface area (Å²) in [5.74, 6) is 0.361. The second-order valence-corrected chi connectivity index (χ2v) is 7.17. The summed E-state index contributed by atoms with van der Waals surface area (Å²) in [7, 11) is 0. The number of carbonyl (C=O) groups is 2. The van der Waals surface area contributed by atoms with Crippen LogP contribution in [0.2, 0.25) is 0 Å². The number of nitrogens with zero attached hydrogens (tertiary/aromatic N) is 4. The van der Waals surface area contributed by atoms with E-state index in [0.29, 0.717) is 34.4 Å². The highest BCUT2D eigenvalue weighted by Gasteiger charge is 2.11. The van der Waals surface area contributed by atoms with Crippen molar-refractivity contribution in [3.8, 4) is 23.0 Å². The maximum absolute atomic E-state index is 13.2. The topological polar surface area (TPSA) is 120 Å². The van der Waals surface area contributed by atoms with Crippen LogP contribution >= 0.6 is 0 Å². The van der Waals surface area contributed by atoms with Crippen LogP contribution in [0.1, 0.15) is 6.92 Å². The van der Waals surface area contributed by atoms with Gasteiger partial charge in [0.1, 0.15) is 18.2 Å². The van der Waals surface area contributed by atoms with Gasteiger partial charge >= 0.3 is 0 Å². The molecular formula is C23H21FN6O4. The van der Waals surface area contributed by atoms with E-state index >= 15 is 0 Å². The van der Waals surface area contributed by atoms with Crippen LogP contribution in [0.25, 0.3) is 17.0 Å². The molecule has 4 rings (SSSR count). The molecule has 2 heterocycles. The second-order valence-electron chi connectivity index (χ2n) is 7.17. The van der Waals surface area contributed by atoms with Crippen molar-refractivity contribution in [2.45, 2.75) is 6.92 Å². The highest BCUT2D eigenvalue weighted by Crippen LogP contribution is 2.19. The zero-order chi connectivity index (χ0) is 23.9. The van der Waals surface area contributed by atoms with Crippen LogP contribution in [-0.4, -0.2) is 51.4 Å². The summed E-state index contributed by atoms with van der Waals surface area (Å²) in [5, 5.41) is 17.9. The number of halogens is 1. The number of carbonyl (C=O) groups excluding carboxylic acids is 2. The second kappa shape index (κ2) is 10.4. The number of hydrogen-bond donors (Lipinski definition) is 2. The Morgan fingerprint density at radius 3 is 2.65 bits per heavy atom. The standard InChI is InChI=1S/C23H21FN6O4/c1-15(31)26-18-3-2-4-19(13-18)34-14-21(32)25-11-12-33-22-10-9-20-27-28-23(30(20)29-22)16-5-7-17(24)8-6-16/h2-10,13H,11-12,14H2,1H3,(H,25,32)(H,26,31). The molecule has 2 aromatic heterocycles. The zero-order valence-electron chi connectivity index (χ0n) is 18.2. The summed E-state index contributed by atoms with van der Waals surface area (Å²) in [5.41, 5.74) is 1.76. The largest absolute Gasteiger partial charge is 0.484 e. The van der Waals surface area contributed by atoms with Crippen molar-refractivity contribution in [3.05, 3.63) is 66.5 Å². The van der Waals surface area contributed by atoms with Gasteiger partial charge in [-0.2, -0.15) is 4.52 Å². The first-order chi connectivity index (χ1) is 16.5. The number of amides is 2. The van der Waals surface area contributed by atoms with Crippen molar-refractivity contribution in [1.82, 2.24) is 25.1 Å². The molecule has 0 saturated carbocycles. The Morgan fingerprint density at radius 2 is 1.85 bits per heavy atom. The molecule has 10 nitrogen and oxygen atoms in total. The van der Waals surface area contributed by atoms with E-state index < -0.39 is 0 Å². The maximum Gasteiger partial charge on any atom is 0.258 e. The first-order valence-electron chi connectivity index (χ1n) is 10.4. The van der Waals surface area contributed by atoms with E-state index in [-0.39, 0.29) is 37.4 Å². The Morgan fingerprint density at radius 1 is 1.03 bits per heavy atom. The van der Waals surface area contributed by atoms with Gasteiger partial charge < -0.3 is 20.1 Å². The average molecular weight is 464 g/mol. The molecule has 0 aliphatic carbocycles. The average Bonchev–Trinajstić information content (AvgIpc) is 3.24. The predicted octanol–water partition coefficient (Wildman–Crippen LogP) is 2.46. The van der Waals surface area contributed by atoms with Crippen LogP contribution in [0, 0.1) is 5.82 Å². The van der Waals surface area contributed by atoms with Crippen molar-refractivity contribution in [3.63, 3.8) is 0 Å². The third kappa shape index (κ3) is 5.82. The molecule has 174 valence electrons. The molecule has 2 amide bonds. The fourth-order valence-electron chi connectivity index (χ4n) is 3.04. The molecule has 0 aliphatic heterocycles. The van der Waals surface area contributed by atoms with Gasteiger partial charge in [0.2, 0.25) is 11.8 Å². The zero-order valence-corrected chi connectivity index (χ0v) is 18.2. The van der Waals surface area contributed by atoms with Gasteiger partial charge in [-0.1, -0.05) is 6.07 Å². The van der Waals surface area contributed by atoms with Crippen LogP contribution in [0.4, 0.5) is 10.1 Å². The third-order valence-electron chi connectivity index (χ3n) is 4.54. The van der Waals surface area contributed by atoms with Gasteiger partial charge in [-0.25, -0.2) is 4.39 Å². The number of aromatic nitrogens is 4. The van der Waals surface area contributed by atoms with Gasteiger partial charge in [0.15, 0.2) is 18.1 Å². The molecule has 0 unspecified atom stereocenters. The lowest BCUT2D eigenvalue weighted by atomic mass is 10.2. The van der Waals surface area contributed by atoms with Gasteiger partial charge in [-0.15, -0.1) is 15.3 Å². The molecule has 0 aliphatic rings. The summed E-state index contributed by atoms with van der Waals surface area (Å²) < 4.78 is 25.8. The molecule has 0 spiro atoms. The number of nitrogens with one attached hydrogen (secondary N) is 2. The lowest BCUT2D eigenvalue weighted by Crippen LogP contribution is -2.32. The fraction of sp³-hybridized carbons (Fsp3) is 0.174. The van der Waals surface area contributed by atoms with Gasteiger partial charge in [0.25, 0.3) is 5.91 Å². The maximum atomic E-state index is 13.2. The lowest BCUT2D eigenvalue weighted by molar-refractivity contribution is -0.123. The predicted molar refractivity (Wildman–Crippen MR) is 121 cm³/mol. The van der Waals surface area contributed by atoms with Crippen LogP contribution in [0.3, 0.4) is 0 Å². The van der Waals surface area contributed by atoms with Crippen molar-refractivity contribution < 1.29 is 23.5 Å². The minimum Gasteiger partial charge on any atom is -0.484 e. The van der Waals surface area contributed by atoms with Crippen molar-refractivity contribution in [2.75, 3.05) is 25.1 Å². The highest BCUT2D eigenvalue weighted by atomic mass is 19.1. The number of fused-ring (bicyclic) bond motifs is 1. The molecule has 11 heteroatoms. The summed E-state index contributed by atoms with van der Waals surface area (Å²) >= 11 is 0. The summed E-state index contributed by atoms with van der Waals surface area (Å²) in [4.78, 5) is 23.2. The molecule has 0 saturated heterocycles. The third-order valence-corrected chi connectivity index (χ3v) is 4.54. The quantitative estimate of drug-likeness (QED) is 0.365. The van der Waals surface area contributed by atoms with E-state index in [1.807, 2.05) is 0 Å². The molecule has 34 heavy (non-hydrogen) atoms. The molecule has 2 aromatic carbocycles. The number of hydrogen-bond acceptors (Lipinski definition) is 7. The summed E-state index contributed by atoms with van der Waals surface area (Å²) in [6.07, 6.45) is 0. The molecule has 0 radical (unpaired) electrons. The Labute approximate surface area is 193 Å². The Balaban J connectivity index is 1.26. The fourth-order valence-corrected chi connectivity index (χ4v) is 3.04. The van der Waals surface area contributed by atoms with Gasteiger partial charge in [-0.3, -0.25) is 9.59 Å². The monoisotopic (exact) mass is 464 g/mol. The molecule has 0 bridgehead atoms. The SMILES string of the molecule is CC(=O)Nc1cccc(OCC(=O)NCCOc2ccc3nnc(-c4ccc(F)cc4)n3n2)c1. The number of benzene rings is 2. The van der Waals surface area contributed by atoms with E-state index in [0.717, 1.165) is 0 Å². The first-order valence-corrected chi connectivity index (χ1v) is 10.4. The van der Waals surface area contributed by atoms with Crippen molar-refractivity contribution >= 4 is 23.1 Å². The van der Waals surface area contributed by atoms with Gasteiger partial charge in [0.05, 0.1) is 6.54 Å². The molecular weight excluding hydrogens is 443 g/mol. The normalized spacial score (nSPS) is 10.6. The van der Waals surface area contributed by atoms with Gasteiger partial charge in [0, 0.05) is 30.3 Å². The van der Waals surface area contributed by atoms with E-state index in [2.05, 4.69) is 25.9 Å². The summed E-state index contributed by atoms with van der Waals surface area (Å²) in [6.45, 7) is 1.64. The minimum absolute atomic E-state index is 0.177. The number of anilines is 1. The molecule has 4 aromatic rings. The van der Waals surface area contributed by atoms with Crippen molar-refractivity contribution in [1.29, 1.82) is 0 Å². The lowest BCUT2D eigenvalue weighted by Gasteiger charge is -2.10. The Hall–Kier alpha value is -4.54. The van der Waals surface area contributed by atoms with Crippen LogP contribution < -0.4 is 20.1 Å². The molecule has 2 N–H and O–H groups in total. The summed E-state index contributed by atoms with van der Waals surface area (Å²) in [6, 6.07) is 16.0. The van der Waals surface area contributed by atoms with E-state index in [9.17, 15) is 14.0 Å². The molecule has 0 fully saturated rings. The number of ether oxygens (including phenoxy) is 2.